The van der Waals surface area contributed by atoms with Crippen molar-refractivity contribution in [1.82, 2.24) is 9.97 Å². The first-order valence-electron chi connectivity index (χ1n) is 5.97. The fraction of sp³-hybridized carbons (Fsp3) is 0.692. The third kappa shape index (κ3) is 11.0. The van der Waals surface area contributed by atoms with Gasteiger partial charge in [-0.05, 0) is 26.3 Å². The summed E-state index contributed by atoms with van der Waals surface area (Å²) in [5, 5.41) is 0. The number of hydrogen-bond donors (Lipinski definition) is 0. The first kappa shape index (κ1) is 19.6. The molecular formula is C13H28N2. The maximum absolute atomic E-state index is 4.16. The molecule has 0 aliphatic carbocycles. The summed E-state index contributed by atoms with van der Waals surface area (Å²) in [4.78, 5) is 8.19. The van der Waals surface area contributed by atoms with E-state index in [2.05, 4.69) is 9.97 Å². The molecule has 15 heavy (non-hydrogen) atoms. The Labute approximate surface area is 96.2 Å². The lowest BCUT2D eigenvalue weighted by atomic mass is 10.3. The predicted octanol–water partition coefficient (Wildman–Crippen LogP) is 4.48. The zero-order valence-electron chi connectivity index (χ0n) is 12.0. The van der Waals surface area contributed by atoms with E-state index >= 15 is 0 Å². The largest absolute Gasteiger partial charge is 0.241 e. The predicted molar refractivity (Wildman–Crippen MR) is 70.3 cm³/mol. The molecule has 0 atom stereocenters. The number of hydrogen-bond acceptors (Lipinski definition) is 2. The van der Waals surface area contributed by atoms with Crippen LogP contribution in [0, 0.1) is 20.8 Å². The summed E-state index contributed by atoms with van der Waals surface area (Å²) >= 11 is 0. The van der Waals surface area contributed by atoms with Gasteiger partial charge in [0.1, 0.15) is 5.82 Å². The van der Waals surface area contributed by atoms with E-state index in [0.717, 1.165) is 17.1 Å². The Morgan fingerprint density at radius 1 is 0.800 bits per heavy atom. The Morgan fingerprint density at radius 2 is 1.20 bits per heavy atom. The molecule has 0 aliphatic rings. The minimum Gasteiger partial charge on any atom is -0.241 e. The van der Waals surface area contributed by atoms with Crippen molar-refractivity contribution in [2.45, 2.75) is 62.3 Å². The van der Waals surface area contributed by atoms with E-state index in [9.17, 15) is 0 Å². The molecule has 0 unspecified atom stereocenters. The van der Waals surface area contributed by atoms with Crippen molar-refractivity contribution in [3.63, 3.8) is 0 Å². The second-order valence-electron chi connectivity index (χ2n) is 2.19. The quantitative estimate of drug-likeness (QED) is 0.633. The summed E-state index contributed by atoms with van der Waals surface area (Å²) in [6.45, 7) is 17.9. The van der Waals surface area contributed by atoms with Crippen molar-refractivity contribution in [2.24, 2.45) is 0 Å². The molecule has 0 bridgehead atoms. The van der Waals surface area contributed by atoms with Gasteiger partial charge in [0.25, 0.3) is 0 Å². The Balaban J connectivity index is -0.000000208. The van der Waals surface area contributed by atoms with Crippen molar-refractivity contribution in [3.05, 3.63) is 23.3 Å². The Kier molecular flexibility index (Phi) is 20.3. The molecule has 90 valence electrons. The molecule has 0 spiro atoms. The normalized spacial score (nSPS) is 7.00. The van der Waals surface area contributed by atoms with Gasteiger partial charge >= 0.3 is 0 Å². The van der Waals surface area contributed by atoms with E-state index < -0.39 is 0 Å². The zero-order valence-corrected chi connectivity index (χ0v) is 12.0. The molecule has 0 fully saturated rings. The SMILES string of the molecule is CC.CC.CC.Cc1ncc(C)c(C)n1. The minimum absolute atomic E-state index is 0.845. The second kappa shape index (κ2) is 15.5. The van der Waals surface area contributed by atoms with E-state index in [-0.39, 0.29) is 0 Å². The van der Waals surface area contributed by atoms with E-state index in [1.807, 2.05) is 68.5 Å². The highest BCUT2D eigenvalue weighted by Gasteiger charge is 1.91. The number of aromatic nitrogens is 2. The van der Waals surface area contributed by atoms with Gasteiger partial charge in [0, 0.05) is 11.9 Å². The van der Waals surface area contributed by atoms with Crippen LogP contribution in [0.15, 0.2) is 6.20 Å². The molecule has 0 radical (unpaired) electrons. The highest BCUT2D eigenvalue weighted by atomic mass is 14.9. The van der Waals surface area contributed by atoms with Gasteiger partial charge in [-0.25, -0.2) is 9.97 Å². The molecule has 0 saturated carbocycles. The molecule has 0 amide bonds. The second-order valence-corrected chi connectivity index (χ2v) is 2.19. The summed E-state index contributed by atoms with van der Waals surface area (Å²) in [7, 11) is 0. The Bertz CT molecular complexity index is 220. The number of nitrogens with zero attached hydrogens (tertiary/aromatic N) is 2. The van der Waals surface area contributed by atoms with Crippen LogP contribution in [0.25, 0.3) is 0 Å². The third-order valence-electron chi connectivity index (χ3n) is 1.35. The maximum Gasteiger partial charge on any atom is 0.125 e. The van der Waals surface area contributed by atoms with Crippen molar-refractivity contribution in [2.75, 3.05) is 0 Å². The molecule has 0 N–H and O–H groups in total. The Morgan fingerprint density at radius 3 is 1.47 bits per heavy atom. The highest BCUT2D eigenvalue weighted by molar-refractivity contribution is 5.12. The van der Waals surface area contributed by atoms with Crippen LogP contribution in [0.5, 0.6) is 0 Å². The van der Waals surface area contributed by atoms with Crippen LogP contribution >= 0.6 is 0 Å². The number of aryl methyl sites for hydroxylation is 3. The summed E-state index contributed by atoms with van der Waals surface area (Å²) in [6, 6.07) is 0. The highest BCUT2D eigenvalue weighted by Crippen LogP contribution is 1.99. The summed E-state index contributed by atoms with van der Waals surface area (Å²) in [6.07, 6.45) is 1.84. The van der Waals surface area contributed by atoms with E-state index in [1.54, 1.807) is 0 Å². The summed E-state index contributed by atoms with van der Waals surface area (Å²) < 4.78 is 0. The zero-order chi connectivity index (χ0) is 12.9. The van der Waals surface area contributed by atoms with Crippen LogP contribution in [0.1, 0.15) is 58.6 Å². The summed E-state index contributed by atoms with van der Waals surface area (Å²) in [5.74, 6) is 0.845. The van der Waals surface area contributed by atoms with Gasteiger partial charge in [0.2, 0.25) is 0 Å². The number of rotatable bonds is 0. The van der Waals surface area contributed by atoms with Gasteiger partial charge in [-0.1, -0.05) is 41.5 Å². The fourth-order valence-corrected chi connectivity index (χ4v) is 0.643. The van der Waals surface area contributed by atoms with Gasteiger partial charge in [0.05, 0.1) is 0 Å². The van der Waals surface area contributed by atoms with Crippen LogP contribution in [-0.4, -0.2) is 9.97 Å². The molecule has 1 aromatic heterocycles. The molecule has 0 aliphatic heterocycles. The lowest BCUT2D eigenvalue weighted by Crippen LogP contribution is -1.92. The monoisotopic (exact) mass is 212 g/mol. The van der Waals surface area contributed by atoms with E-state index in [0.29, 0.717) is 0 Å². The van der Waals surface area contributed by atoms with Gasteiger partial charge in [-0.15, -0.1) is 0 Å². The van der Waals surface area contributed by atoms with Crippen LogP contribution in [0.3, 0.4) is 0 Å². The molecule has 0 saturated heterocycles. The van der Waals surface area contributed by atoms with Crippen molar-refractivity contribution < 1.29 is 0 Å². The maximum atomic E-state index is 4.16. The van der Waals surface area contributed by atoms with Crippen molar-refractivity contribution in [3.8, 4) is 0 Å². The van der Waals surface area contributed by atoms with Gasteiger partial charge in [0.15, 0.2) is 0 Å². The van der Waals surface area contributed by atoms with Crippen LogP contribution in [0.4, 0.5) is 0 Å². The standard InChI is InChI=1S/C7H10N2.3C2H6/c1-5-4-8-7(3)9-6(5)2;3*1-2/h4H,1-3H3;3*1-2H3. The van der Waals surface area contributed by atoms with E-state index in [1.165, 1.54) is 0 Å². The first-order chi connectivity index (χ1) is 7.20. The Hall–Kier alpha value is -0.920. The van der Waals surface area contributed by atoms with Crippen molar-refractivity contribution in [1.29, 1.82) is 0 Å². The lowest BCUT2D eigenvalue weighted by Gasteiger charge is -1.96. The van der Waals surface area contributed by atoms with Gasteiger partial charge in [-0.2, -0.15) is 0 Å². The van der Waals surface area contributed by atoms with Crippen LogP contribution in [0.2, 0.25) is 0 Å². The average Bonchev–Trinajstić information content (AvgIpc) is 2.32. The van der Waals surface area contributed by atoms with Crippen LogP contribution < -0.4 is 0 Å². The topological polar surface area (TPSA) is 25.8 Å². The molecule has 1 heterocycles. The fourth-order valence-electron chi connectivity index (χ4n) is 0.643. The first-order valence-corrected chi connectivity index (χ1v) is 5.97. The van der Waals surface area contributed by atoms with E-state index in [4.69, 9.17) is 0 Å². The minimum atomic E-state index is 0.845. The molecule has 2 heteroatoms. The van der Waals surface area contributed by atoms with Gasteiger partial charge < -0.3 is 0 Å². The molecule has 0 aromatic carbocycles. The smallest absolute Gasteiger partial charge is 0.125 e. The molecule has 2 nitrogen and oxygen atoms in total. The molecular weight excluding hydrogens is 184 g/mol. The van der Waals surface area contributed by atoms with Gasteiger partial charge in [-0.3, -0.25) is 0 Å². The summed E-state index contributed by atoms with van der Waals surface area (Å²) in [5.41, 5.74) is 2.23. The third-order valence-corrected chi connectivity index (χ3v) is 1.35. The molecule has 1 rings (SSSR count). The average molecular weight is 212 g/mol. The van der Waals surface area contributed by atoms with Crippen LogP contribution in [-0.2, 0) is 0 Å². The molecule has 1 aromatic rings. The lowest BCUT2D eigenvalue weighted by molar-refractivity contribution is 0.986. The van der Waals surface area contributed by atoms with Crippen molar-refractivity contribution >= 4 is 0 Å².